The number of nitrogens with one attached hydrogen (secondary N) is 1. The fourth-order valence-corrected chi connectivity index (χ4v) is 2.51. The summed E-state index contributed by atoms with van der Waals surface area (Å²) < 4.78 is 16.5. The SMILES string of the molecule is COc1cc(/C=N\NC(=O)COc2ccccc2)cc(Br)c1OC. The second-order valence-electron chi connectivity index (χ2n) is 4.63. The van der Waals surface area contributed by atoms with Gasteiger partial charge in [0.25, 0.3) is 5.91 Å². The number of carbonyl (C=O) groups is 1. The third-order valence-electron chi connectivity index (χ3n) is 2.97. The molecule has 126 valence electrons. The Morgan fingerprint density at radius 3 is 2.62 bits per heavy atom. The molecule has 1 N–H and O–H groups in total. The second kappa shape index (κ2) is 8.93. The van der Waals surface area contributed by atoms with Crippen molar-refractivity contribution < 1.29 is 19.0 Å². The molecule has 0 spiro atoms. The first-order valence-corrected chi connectivity index (χ1v) is 7.84. The summed E-state index contributed by atoms with van der Waals surface area (Å²) in [5.74, 6) is 1.43. The first kappa shape index (κ1) is 17.8. The summed E-state index contributed by atoms with van der Waals surface area (Å²) in [6, 6.07) is 12.6. The van der Waals surface area contributed by atoms with Gasteiger partial charge in [-0.15, -0.1) is 0 Å². The van der Waals surface area contributed by atoms with Crippen molar-refractivity contribution in [2.75, 3.05) is 20.8 Å². The van der Waals surface area contributed by atoms with Gasteiger partial charge in [-0.05, 0) is 45.8 Å². The smallest absolute Gasteiger partial charge is 0.277 e. The molecular formula is C17H17BrN2O4. The van der Waals surface area contributed by atoms with Crippen molar-refractivity contribution in [3.63, 3.8) is 0 Å². The van der Waals surface area contributed by atoms with Gasteiger partial charge in [0.1, 0.15) is 5.75 Å². The van der Waals surface area contributed by atoms with Crippen LogP contribution >= 0.6 is 15.9 Å². The number of hydrogen-bond donors (Lipinski definition) is 1. The zero-order valence-electron chi connectivity index (χ0n) is 13.3. The molecule has 6 nitrogen and oxygen atoms in total. The topological polar surface area (TPSA) is 69.2 Å². The number of carbonyl (C=O) groups excluding carboxylic acids is 1. The highest BCUT2D eigenvalue weighted by Crippen LogP contribution is 2.35. The van der Waals surface area contributed by atoms with E-state index in [2.05, 4.69) is 26.5 Å². The van der Waals surface area contributed by atoms with E-state index in [1.165, 1.54) is 6.21 Å². The van der Waals surface area contributed by atoms with Crippen LogP contribution in [0.4, 0.5) is 0 Å². The van der Waals surface area contributed by atoms with Crippen molar-refractivity contribution in [3.05, 3.63) is 52.5 Å². The Morgan fingerprint density at radius 1 is 1.21 bits per heavy atom. The second-order valence-corrected chi connectivity index (χ2v) is 5.49. The number of hydrogen-bond acceptors (Lipinski definition) is 5. The molecule has 0 bridgehead atoms. The van der Waals surface area contributed by atoms with Crippen LogP contribution in [0.5, 0.6) is 17.2 Å². The predicted octanol–water partition coefficient (Wildman–Crippen LogP) is 3.00. The molecule has 0 saturated carbocycles. The van der Waals surface area contributed by atoms with E-state index in [0.29, 0.717) is 17.2 Å². The fourth-order valence-electron chi connectivity index (χ4n) is 1.89. The predicted molar refractivity (Wildman–Crippen MR) is 94.9 cm³/mol. The van der Waals surface area contributed by atoms with E-state index in [0.717, 1.165) is 10.0 Å². The van der Waals surface area contributed by atoms with Crippen molar-refractivity contribution in [3.8, 4) is 17.2 Å². The number of methoxy groups -OCH3 is 2. The molecule has 0 fully saturated rings. The summed E-state index contributed by atoms with van der Waals surface area (Å²) in [4.78, 5) is 11.7. The Hall–Kier alpha value is -2.54. The molecule has 2 aromatic rings. The molecule has 1 amide bonds. The Kier molecular flexibility index (Phi) is 6.62. The Labute approximate surface area is 148 Å². The number of rotatable bonds is 7. The maximum absolute atomic E-state index is 11.7. The minimum Gasteiger partial charge on any atom is -0.493 e. The third-order valence-corrected chi connectivity index (χ3v) is 3.56. The molecule has 0 radical (unpaired) electrons. The van der Waals surface area contributed by atoms with Crippen LogP contribution in [0.15, 0.2) is 52.0 Å². The van der Waals surface area contributed by atoms with Crippen LogP contribution in [0, 0.1) is 0 Å². The molecule has 24 heavy (non-hydrogen) atoms. The van der Waals surface area contributed by atoms with Gasteiger partial charge in [0, 0.05) is 0 Å². The van der Waals surface area contributed by atoms with Gasteiger partial charge in [-0.3, -0.25) is 4.79 Å². The van der Waals surface area contributed by atoms with Crippen LogP contribution in [-0.4, -0.2) is 32.9 Å². The molecule has 0 unspecified atom stereocenters. The van der Waals surface area contributed by atoms with E-state index in [-0.39, 0.29) is 12.5 Å². The van der Waals surface area contributed by atoms with Crippen LogP contribution in [0.3, 0.4) is 0 Å². The van der Waals surface area contributed by atoms with Crippen molar-refractivity contribution >= 4 is 28.1 Å². The molecule has 2 aromatic carbocycles. The van der Waals surface area contributed by atoms with Gasteiger partial charge in [-0.1, -0.05) is 18.2 Å². The molecule has 0 saturated heterocycles. The van der Waals surface area contributed by atoms with E-state index in [1.807, 2.05) is 18.2 Å². The van der Waals surface area contributed by atoms with E-state index < -0.39 is 0 Å². The number of halogens is 1. The molecule has 0 atom stereocenters. The van der Waals surface area contributed by atoms with Crippen LogP contribution < -0.4 is 19.6 Å². The first-order chi connectivity index (χ1) is 11.6. The van der Waals surface area contributed by atoms with Crippen molar-refractivity contribution in [2.45, 2.75) is 0 Å². The standard InChI is InChI=1S/C17H17BrN2O4/c1-22-15-9-12(8-14(18)17(15)23-2)10-19-20-16(21)11-24-13-6-4-3-5-7-13/h3-10H,11H2,1-2H3,(H,20,21)/b19-10-. The Bertz CT molecular complexity index is 720. The highest BCUT2D eigenvalue weighted by atomic mass is 79.9. The highest BCUT2D eigenvalue weighted by Gasteiger charge is 2.09. The van der Waals surface area contributed by atoms with Gasteiger partial charge in [0.2, 0.25) is 0 Å². The minimum atomic E-state index is -0.352. The Morgan fingerprint density at radius 2 is 1.96 bits per heavy atom. The lowest BCUT2D eigenvalue weighted by molar-refractivity contribution is -0.123. The van der Waals surface area contributed by atoms with E-state index >= 15 is 0 Å². The zero-order chi connectivity index (χ0) is 17.4. The minimum absolute atomic E-state index is 0.114. The summed E-state index contributed by atoms with van der Waals surface area (Å²) in [5.41, 5.74) is 3.14. The van der Waals surface area contributed by atoms with E-state index in [1.54, 1.807) is 38.5 Å². The van der Waals surface area contributed by atoms with Gasteiger partial charge in [0.05, 0.1) is 24.9 Å². The number of benzene rings is 2. The van der Waals surface area contributed by atoms with Crippen molar-refractivity contribution in [1.29, 1.82) is 0 Å². The largest absolute Gasteiger partial charge is 0.493 e. The molecule has 0 heterocycles. The monoisotopic (exact) mass is 392 g/mol. The molecule has 7 heteroatoms. The Balaban J connectivity index is 1.91. The van der Waals surface area contributed by atoms with Crippen LogP contribution in [0.2, 0.25) is 0 Å². The molecule has 0 aromatic heterocycles. The van der Waals surface area contributed by atoms with E-state index in [9.17, 15) is 4.79 Å². The van der Waals surface area contributed by atoms with Gasteiger partial charge >= 0.3 is 0 Å². The molecule has 0 aliphatic rings. The van der Waals surface area contributed by atoms with Gasteiger partial charge in [0.15, 0.2) is 18.1 Å². The summed E-state index contributed by atoms with van der Waals surface area (Å²) in [5, 5.41) is 3.90. The number of para-hydroxylation sites is 1. The molecule has 2 rings (SSSR count). The number of nitrogens with zero attached hydrogens (tertiary/aromatic N) is 1. The molecular weight excluding hydrogens is 376 g/mol. The lowest BCUT2D eigenvalue weighted by Crippen LogP contribution is -2.24. The quantitative estimate of drug-likeness (QED) is 0.580. The summed E-state index contributed by atoms with van der Waals surface area (Å²) in [6.45, 7) is -0.114. The first-order valence-electron chi connectivity index (χ1n) is 7.05. The normalized spacial score (nSPS) is 10.5. The van der Waals surface area contributed by atoms with Crippen molar-refractivity contribution in [2.24, 2.45) is 5.10 Å². The van der Waals surface area contributed by atoms with Crippen LogP contribution in [-0.2, 0) is 4.79 Å². The van der Waals surface area contributed by atoms with E-state index in [4.69, 9.17) is 14.2 Å². The zero-order valence-corrected chi connectivity index (χ0v) is 14.9. The number of amides is 1. The summed E-state index contributed by atoms with van der Waals surface area (Å²) >= 11 is 3.40. The highest BCUT2D eigenvalue weighted by molar-refractivity contribution is 9.10. The van der Waals surface area contributed by atoms with Gasteiger partial charge in [-0.2, -0.15) is 5.10 Å². The third kappa shape index (κ3) is 4.99. The average molecular weight is 393 g/mol. The van der Waals surface area contributed by atoms with Gasteiger partial charge in [-0.25, -0.2) is 5.43 Å². The lowest BCUT2D eigenvalue weighted by atomic mass is 10.2. The fraction of sp³-hybridized carbons (Fsp3) is 0.176. The van der Waals surface area contributed by atoms with Crippen LogP contribution in [0.25, 0.3) is 0 Å². The number of ether oxygens (including phenoxy) is 3. The van der Waals surface area contributed by atoms with Crippen molar-refractivity contribution in [1.82, 2.24) is 5.43 Å². The maximum atomic E-state index is 11.7. The number of hydrazone groups is 1. The maximum Gasteiger partial charge on any atom is 0.277 e. The van der Waals surface area contributed by atoms with Gasteiger partial charge < -0.3 is 14.2 Å². The average Bonchev–Trinajstić information content (AvgIpc) is 2.60. The lowest BCUT2D eigenvalue weighted by Gasteiger charge is -2.10. The summed E-state index contributed by atoms with van der Waals surface area (Å²) in [6.07, 6.45) is 1.51. The van der Waals surface area contributed by atoms with Crippen LogP contribution in [0.1, 0.15) is 5.56 Å². The molecule has 0 aliphatic heterocycles. The molecule has 0 aliphatic carbocycles. The summed E-state index contributed by atoms with van der Waals surface area (Å²) in [7, 11) is 3.11.